The number of amides is 1. The van der Waals surface area contributed by atoms with E-state index in [2.05, 4.69) is 5.32 Å². The van der Waals surface area contributed by atoms with Gasteiger partial charge in [-0.15, -0.1) is 0 Å². The zero-order chi connectivity index (χ0) is 9.84. The molecule has 1 rings (SSSR count). The third kappa shape index (κ3) is 2.43. The van der Waals surface area contributed by atoms with E-state index >= 15 is 0 Å². The van der Waals surface area contributed by atoms with Gasteiger partial charge in [0.15, 0.2) is 5.78 Å². The quantitative estimate of drug-likeness (QED) is 0.686. The summed E-state index contributed by atoms with van der Waals surface area (Å²) in [5.74, 6) is -0.0682. The van der Waals surface area contributed by atoms with Crippen molar-refractivity contribution in [1.82, 2.24) is 9.88 Å². The number of nitrogens with zero attached hydrogens (tertiary/aromatic N) is 1. The molecule has 1 amide bonds. The predicted octanol–water partition coefficient (Wildman–Crippen LogP) is 0.437. The summed E-state index contributed by atoms with van der Waals surface area (Å²) < 4.78 is 1.68. The van der Waals surface area contributed by atoms with Crippen LogP contribution in [-0.2, 0) is 11.3 Å². The summed E-state index contributed by atoms with van der Waals surface area (Å²) in [5.41, 5.74) is 0.629. The summed E-state index contributed by atoms with van der Waals surface area (Å²) in [5, 5.41) is 2.51. The fourth-order valence-electron chi connectivity index (χ4n) is 0.992. The first-order chi connectivity index (χ1) is 6.13. The fraction of sp³-hybridized carbons (Fsp3) is 0.333. The molecule has 0 aliphatic heterocycles. The Balaban J connectivity index is 2.69. The third-order valence-corrected chi connectivity index (χ3v) is 1.76. The molecule has 0 atom stereocenters. The van der Waals surface area contributed by atoms with Gasteiger partial charge in [0.25, 0.3) is 0 Å². The van der Waals surface area contributed by atoms with Gasteiger partial charge < -0.3 is 9.88 Å². The van der Waals surface area contributed by atoms with Gasteiger partial charge in [-0.1, -0.05) is 0 Å². The number of Topliss-reactive ketones (excluding diaryl/α,β-unsaturated/α-hetero) is 1. The lowest BCUT2D eigenvalue weighted by molar-refractivity contribution is -0.121. The van der Waals surface area contributed by atoms with Crippen LogP contribution in [0.3, 0.4) is 0 Å². The Bertz CT molecular complexity index is 328. The van der Waals surface area contributed by atoms with E-state index in [9.17, 15) is 9.59 Å². The van der Waals surface area contributed by atoms with Crippen LogP contribution in [0.25, 0.3) is 0 Å². The molecule has 1 heterocycles. The molecule has 1 aromatic rings. The fourth-order valence-corrected chi connectivity index (χ4v) is 0.992. The first-order valence-corrected chi connectivity index (χ1v) is 4.01. The summed E-state index contributed by atoms with van der Waals surface area (Å²) in [6.45, 7) is 1.75. The van der Waals surface area contributed by atoms with Crippen LogP contribution in [0.1, 0.15) is 17.3 Å². The molecule has 0 unspecified atom stereocenters. The molecule has 0 fully saturated rings. The van der Waals surface area contributed by atoms with Crippen LogP contribution in [0.4, 0.5) is 0 Å². The largest absolute Gasteiger partial charge is 0.358 e. The second-order valence-corrected chi connectivity index (χ2v) is 2.80. The smallest absolute Gasteiger partial charge is 0.239 e. The zero-order valence-electron chi connectivity index (χ0n) is 7.70. The number of likely N-dealkylation sites (N-methyl/N-ethyl adjacent to an activating group) is 1. The molecular weight excluding hydrogens is 168 g/mol. The van der Waals surface area contributed by atoms with E-state index in [-0.39, 0.29) is 18.2 Å². The van der Waals surface area contributed by atoms with Gasteiger partial charge >= 0.3 is 0 Å². The molecule has 0 saturated carbocycles. The van der Waals surface area contributed by atoms with Crippen LogP contribution in [0.5, 0.6) is 0 Å². The van der Waals surface area contributed by atoms with Gasteiger partial charge in [-0.25, -0.2) is 0 Å². The van der Waals surface area contributed by atoms with E-state index in [0.717, 1.165) is 0 Å². The SMILES string of the molecule is CNC(=O)Cn1ccc(C(C)=O)c1. The molecule has 70 valence electrons. The maximum absolute atomic E-state index is 10.9. The highest BCUT2D eigenvalue weighted by Crippen LogP contribution is 2.01. The van der Waals surface area contributed by atoms with Crippen LogP contribution in [-0.4, -0.2) is 23.3 Å². The van der Waals surface area contributed by atoms with Gasteiger partial charge in [-0.05, 0) is 13.0 Å². The van der Waals surface area contributed by atoms with Crippen LogP contribution in [0, 0.1) is 0 Å². The van der Waals surface area contributed by atoms with Crippen molar-refractivity contribution in [2.24, 2.45) is 0 Å². The van der Waals surface area contributed by atoms with Crippen LogP contribution in [0.2, 0.25) is 0 Å². The van der Waals surface area contributed by atoms with Crippen molar-refractivity contribution in [3.8, 4) is 0 Å². The molecule has 4 nitrogen and oxygen atoms in total. The molecular formula is C9H12N2O2. The lowest BCUT2D eigenvalue weighted by atomic mass is 10.2. The molecule has 0 radical (unpaired) electrons. The molecule has 0 spiro atoms. The van der Waals surface area contributed by atoms with Crippen molar-refractivity contribution in [3.05, 3.63) is 24.0 Å². The highest BCUT2D eigenvalue weighted by atomic mass is 16.1. The Morgan fingerprint density at radius 2 is 2.23 bits per heavy atom. The topological polar surface area (TPSA) is 51.1 Å². The van der Waals surface area contributed by atoms with Gasteiger partial charge in [0.1, 0.15) is 6.54 Å². The Labute approximate surface area is 76.5 Å². The summed E-state index contributed by atoms with van der Waals surface area (Å²) in [4.78, 5) is 21.8. The van der Waals surface area contributed by atoms with Crippen LogP contribution >= 0.6 is 0 Å². The summed E-state index contributed by atoms with van der Waals surface area (Å²) in [6.07, 6.45) is 3.38. The molecule has 1 aromatic heterocycles. The lowest BCUT2D eigenvalue weighted by Crippen LogP contribution is -2.22. The highest BCUT2D eigenvalue weighted by molar-refractivity contribution is 5.93. The van der Waals surface area contributed by atoms with Crippen LogP contribution in [0.15, 0.2) is 18.5 Å². The van der Waals surface area contributed by atoms with E-state index < -0.39 is 0 Å². The monoisotopic (exact) mass is 180 g/mol. The van der Waals surface area contributed by atoms with Crippen LogP contribution < -0.4 is 5.32 Å². The highest BCUT2D eigenvalue weighted by Gasteiger charge is 2.03. The minimum Gasteiger partial charge on any atom is -0.358 e. The molecule has 0 aromatic carbocycles. The first kappa shape index (κ1) is 9.51. The summed E-state index contributed by atoms with van der Waals surface area (Å²) in [7, 11) is 1.58. The maximum atomic E-state index is 10.9. The van der Waals surface area contributed by atoms with Gasteiger partial charge in [-0.2, -0.15) is 0 Å². The third-order valence-electron chi connectivity index (χ3n) is 1.76. The van der Waals surface area contributed by atoms with Gasteiger partial charge in [0, 0.05) is 25.0 Å². The van der Waals surface area contributed by atoms with Crippen molar-refractivity contribution in [2.45, 2.75) is 13.5 Å². The van der Waals surface area contributed by atoms with E-state index in [1.807, 2.05) is 0 Å². The molecule has 0 aliphatic carbocycles. The summed E-state index contributed by atoms with van der Waals surface area (Å²) in [6, 6.07) is 1.70. The molecule has 0 aliphatic rings. The minimum absolute atomic E-state index is 0.00987. The van der Waals surface area contributed by atoms with Gasteiger partial charge in [0.2, 0.25) is 5.91 Å². The second-order valence-electron chi connectivity index (χ2n) is 2.80. The number of aromatic nitrogens is 1. The van der Waals surface area contributed by atoms with Crippen molar-refractivity contribution in [1.29, 1.82) is 0 Å². The van der Waals surface area contributed by atoms with Crippen molar-refractivity contribution in [2.75, 3.05) is 7.05 Å². The second kappa shape index (κ2) is 3.89. The standard InChI is InChI=1S/C9H12N2O2/c1-7(12)8-3-4-11(5-8)6-9(13)10-2/h3-5H,6H2,1-2H3,(H,10,13). The molecule has 0 bridgehead atoms. The molecule has 0 saturated heterocycles. The van der Waals surface area contributed by atoms with E-state index in [1.54, 1.807) is 30.1 Å². The van der Waals surface area contributed by atoms with E-state index in [4.69, 9.17) is 0 Å². The first-order valence-electron chi connectivity index (χ1n) is 4.01. The zero-order valence-corrected chi connectivity index (χ0v) is 7.70. The minimum atomic E-state index is -0.0781. The lowest BCUT2D eigenvalue weighted by Gasteiger charge is -1.99. The van der Waals surface area contributed by atoms with Crippen molar-refractivity contribution < 1.29 is 9.59 Å². The number of ketones is 1. The van der Waals surface area contributed by atoms with Gasteiger partial charge in [0.05, 0.1) is 0 Å². The Morgan fingerprint density at radius 3 is 2.69 bits per heavy atom. The molecule has 13 heavy (non-hydrogen) atoms. The number of rotatable bonds is 3. The number of nitrogens with one attached hydrogen (secondary N) is 1. The predicted molar refractivity (Wildman–Crippen MR) is 48.5 cm³/mol. The van der Waals surface area contributed by atoms with Crippen molar-refractivity contribution in [3.63, 3.8) is 0 Å². The Kier molecular flexibility index (Phi) is 2.84. The number of carbonyl (C=O) groups is 2. The van der Waals surface area contributed by atoms with Crippen molar-refractivity contribution >= 4 is 11.7 Å². The molecule has 1 N–H and O–H groups in total. The number of hydrogen-bond acceptors (Lipinski definition) is 2. The normalized spacial score (nSPS) is 9.69. The van der Waals surface area contributed by atoms with Gasteiger partial charge in [-0.3, -0.25) is 9.59 Å². The maximum Gasteiger partial charge on any atom is 0.239 e. The average molecular weight is 180 g/mol. The van der Waals surface area contributed by atoms with E-state index in [1.165, 1.54) is 6.92 Å². The van der Waals surface area contributed by atoms with E-state index in [0.29, 0.717) is 5.56 Å². The Morgan fingerprint density at radius 1 is 1.54 bits per heavy atom. The Hall–Kier alpha value is -1.58. The number of hydrogen-bond donors (Lipinski definition) is 1. The number of carbonyl (C=O) groups excluding carboxylic acids is 2. The summed E-state index contributed by atoms with van der Waals surface area (Å²) >= 11 is 0. The molecule has 4 heteroatoms. The average Bonchev–Trinajstić information content (AvgIpc) is 2.52.